The van der Waals surface area contributed by atoms with Crippen molar-refractivity contribution in [2.24, 2.45) is 0 Å². The third kappa shape index (κ3) is 6.40. The lowest BCUT2D eigenvalue weighted by molar-refractivity contribution is 0.242. The van der Waals surface area contributed by atoms with E-state index in [1.54, 1.807) is 11.3 Å². The zero-order valence-corrected chi connectivity index (χ0v) is 25.2. The minimum atomic E-state index is -3.41. The van der Waals surface area contributed by atoms with Crippen LogP contribution < -0.4 is 9.46 Å². The Morgan fingerprint density at radius 1 is 1.25 bits per heavy atom. The molecule has 2 atom stereocenters. The van der Waals surface area contributed by atoms with Crippen molar-refractivity contribution >= 4 is 21.4 Å². The summed E-state index contributed by atoms with van der Waals surface area (Å²) in [5.41, 5.74) is 4.68. The lowest BCUT2D eigenvalue weighted by Crippen LogP contribution is -2.37. The molecule has 1 saturated heterocycles. The van der Waals surface area contributed by atoms with Crippen LogP contribution in [0.25, 0.3) is 21.0 Å². The van der Waals surface area contributed by atoms with Gasteiger partial charge in [0.25, 0.3) is 0 Å². The predicted octanol–water partition coefficient (Wildman–Crippen LogP) is 4.68. The lowest BCUT2D eigenvalue weighted by Gasteiger charge is -2.21. The maximum absolute atomic E-state index is 13.0. The van der Waals surface area contributed by atoms with Crippen molar-refractivity contribution in [1.82, 2.24) is 19.5 Å². The van der Waals surface area contributed by atoms with Gasteiger partial charge in [-0.15, -0.1) is 11.3 Å². The van der Waals surface area contributed by atoms with Crippen molar-refractivity contribution in [2.45, 2.75) is 51.3 Å². The number of likely N-dealkylation sites (tertiary alicyclic amines) is 1. The van der Waals surface area contributed by atoms with Crippen LogP contribution in [-0.2, 0) is 16.4 Å². The van der Waals surface area contributed by atoms with E-state index < -0.39 is 10.0 Å². The van der Waals surface area contributed by atoms with Gasteiger partial charge in [-0.2, -0.15) is 5.26 Å². The number of nitriles is 1. The van der Waals surface area contributed by atoms with E-state index in [1.807, 2.05) is 50.4 Å². The van der Waals surface area contributed by atoms with Gasteiger partial charge in [0.1, 0.15) is 16.8 Å². The molecule has 2 heterocycles. The van der Waals surface area contributed by atoms with Gasteiger partial charge in [0.15, 0.2) is 0 Å². The van der Waals surface area contributed by atoms with Crippen molar-refractivity contribution in [2.75, 3.05) is 39.5 Å². The summed E-state index contributed by atoms with van der Waals surface area (Å²) >= 11 is 1.57. The monoisotopic (exact) mass is 579 g/mol. The summed E-state index contributed by atoms with van der Waals surface area (Å²) in [6.07, 6.45) is 4.48. The number of nitrogens with one attached hydrogen (secondary N) is 1. The Morgan fingerprint density at radius 3 is 2.80 bits per heavy atom. The molecule has 1 fully saturated rings. The standard InChI is InChI=1S/C30H37N5O3S2/c1-20(2)38-28-11-8-21(16-22(28)17-31)30-32-18-29(39-30)26-7-5-6-25-24(26)9-10-27(25)33-40(36,37)15-14-35-13-12-23(19-35)34(3)4/h5-8,11,16,18,20,23,27,33H,9-10,12-15,19H2,1-4H3/t23?,27-/m0/s1. The topological polar surface area (TPSA) is 98.6 Å². The minimum absolute atomic E-state index is 0.0150. The van der Waals surface area contributed by atoms with E-state index in [0.717, 1.165) is 58.9 Å². The normalized spacial score (nSPS) is 19.3. The molecule has 0 spiro atoms. The zero-order chi connectivity index (χ0) is 28.4. The summed E-state index contributed by atoms with van der Waals surface area (Å²) in [7, 11) is 0.748. The number of rotatable bonds is 10. The highest BCUT2D eigenvalue weighted by Gasteiger charge is 2.30. The summed E-state index contributed by atoms with van der Waals surface area (Å²) < 4.78 is 34.8. The molecule has 1 aliphatic carbocycles. The first-order valence-electron chi connectivity index (χ1n) is 13.8. The van der Waals surface area contributed by atoms with E-state index in [2.05, 4.69) is 45.7 Å². The molecule has 40 heavy (non-hydrogen) atoms. The number of hydrogen-bond donors (Lipinski definition) is 1. The first-order chi connectivity index (χ1) is 19.1. The van der Waals surface area contributed by atoms with Crippen LogP contribution in [0.2, 0.25) is 0 Å². The lowest BCUT2D eigenvalue weighted by atomic mass is 10.0. The number of fused-ring (bicyclic) bond motifs is 1. The van der Waals surface area contributed by atoms with Crippen molar-refractivity contribution in [3.63, 3.8) is 0 Å². The van der Waals surface area contributed by atoms with E-state index in [1.165, 1.54) is 5.56 Å². The van der Waals surface area contributed by atoms with Crippen LogP contribution in [-0.4, -0.2) is 74.8 Å². The highest BCUT2D eigenvalue weighted by molar-refractivity contribution is 7.89. The van der Waals surface area contributed by atoms with Gasteiger partial charge >= 0.3 is 0 Å². The zero-order valence-electron chi connectivity index (χ0n) is 23.6. The predicted molar refractivity (Wildman–Crippen MR) is 160 cm³/mol. The molecule has 5 rings (SSSR count). The molecule has 0 amide bonds. The first-order valence-corrected chi connectivity index (χ1v) is 16.3. The second-order valence-corrected chi connectivity index (χ2v) is 14.0. The van der Waals surface area contributed by atoms with Gasteiger partial charge in [0, 0.05) is 36.9 Å². The summed E-state index contributed by atoms with van der Waals surface area (Å²) in [5.74, 6) is 0.688. The number of thiazole rings is 1. The molecular weight excluding hydrogens is 542 g/mol. The largest absolute Gasteiger partial charge is 0.490 e. The fourth-order valence-electron chi connectivity index (χ4n) is 5.61. The van der Waals surface area contributed by atoms with E-state index in [4.69, 9.17) is 4.74 Å². The number of nitrogens with zero attached hydrogens (tertiary/aromatic N) is 4. The Hall–Kier alpha value is -2.81. The number of aromatic nitrogens is 1. The molecule has 3 aromatic rings. The minimum Gasteiger partial charge on any atom is -0.490 e. The molecule has 0 bridgehead atoms. The second-order valence-electron chi connectivity index (χ2n) is 11.1. The van der Waals surface area contributed by atoms with E-state index in [-0.39, 0.29) is 17.9 Å². The summed E-state index contributed by atoms with van der Waals surface area (Å²) in [4.78, 5) is 10.2. The van der Waals surface area contributed by atoms with Crippen LogP contribution >= 0.6 is 11.3 Å². The molecule has 2 aliphatic rings. The van der Waals surface area contributed by atoms with Crippen LogP contribution in [0.5, 0.6) is 5.75 Å². The number of likely N-dealkylation sites (N-methyl/N-ethyl adjacent to an activating group) is 1. The molecule has 1 N–H and O–H groups in total. The molecule has 0 radical (unpaired) electrons. The summed E-state index contributed by atoms with van der Waals surface area (Å²) in [6, 6.07) is 14.2. The average molecular weight is 580 g/mol. The van der Waals surface area contributed by atoms with Gasteiger partial charge in [0.05, 0.1) is 22.3 Å². The third-order valence-corrected chi connectivity index (χ3v) is 10.2. The fourth-order valence-corrected chi connectivity index (χ4v) is 7.87. The molecule has 8 nitrogen and oxygen atoms in total. The van der Waals surface area contributed by atoms with Gasteiger partial charge < -0.3 is 14.5 Å². The molecule has 1 unspecified atom stereocenters. The quantitative estimate of drug-likeness (QED) is 0.372. The second kappa shape index (κ2) is 12.0. The Bertz CT molecular complexity index is 1510. The third-order valence-electron chi connectivity index (χ3n) is 7.73. The Kier molecular flexibility index (Phi) is 8.59. The Balaban J connectivity index is 1.29. The van der Waals surface area contributed by atoms with E-state index >= 15 is 0 Å². The van der Waals surface area contributed by atoms with Gasteiger partial charge in [-0.3, -0.25) is 0 Å². The van der Waals surface area contributed by atoms with Crippen LogP contribution in [0.1, 0.15) is 49.4 Å². The molecule has 212 valence electrons. The number of sulfonamides is 1. The van der Waals surface area contributed by atoms with Crippen LogP contribution in [0.15, 0.2) is 42.6 Å². The van der Waals surface area contributed by atoms with Crippen LogP contribution in [0, 0.1) is 11.3 Å². The van der Waals surface area contributed by atoms with Crippen molar-refractivity contribution in [3.05, 3.63) is 59.3 Å². The van der Waals surface area contributed by atoms with Crippen LogP contribution in [0.4, 0.5) is 0 Å². The molecular formula is C30H37N5O3S2. The summed E-state index contributed by atoms with van der Waals surface area (Å²) in [5, 5.41) is 10.4. The number of hydrogen-bond acceptors (Lipinski definition) is 8. The fraction of sp³-hybridized carbons (Fsp3) is 0.467. The maximum atomic E-state index is 13.0. The highest BCUT2D eigenvalue weighted by atomic mass is 32.2. The van der Waals surface area contributed by atoms with Crippen molar-refractivity contribution in [1.29, 1.82) is 5.26 Å². The first kappa shape index (κ1) is 28.7. The van der Waals surface area contributed by atoms with Crippen molar-refractivity contribution in [3.8, 4) is 32.8 Å². The maximum Gasteiger partial charge on any atom is 0.213 e. The Labute approximate surface area is 241 Å². The van der Waals surface area contributed by atoms with Gasteiger partial charge in [0.2, 0.25) is 10.0 Å². The number of benzene rings is 2. The summed E-state index contributed by atoms with van der Waals surface area (Å²) in [6.45, 7) is 6.29. The van der Waals surface area contributed by atoms with Gasteiger partial charge in [-0.1, -0.05) is 18.2 Å². The average Bonchev–Trinajstić information content (AvgIpc) is 3.68. The van der Waals surface area contributed by atoms with Crippen molar-refractivity contribution < 1.29 is 13.2 Å². The van der Waals surface area contributed by atoms with Crippen LogP contribution in [0.3, 0.4) is 0 Å². The number of ether oxygens (including phenoxy) is 1. The molecule has 1 aliphatic heterocycles. The molecule has 1 aromatic heterocycles. The van der Waals surface area contributed by atoms with Gasteiger partial charge in [-0.25, -0.2) is 18.1 Å². The van der Waals surface area contributed by atoms with Gasteiger partial charge in [-0.05, 0) is 88.6 Å². The molecule has 0 saturated carbocycles. The smallest absolute Gasteiger partial charge is 0.213 e. The SMILES string of the molecule is CC(C)Oc1ccc(-c2ncc(-c3cccc4c3CC[C@@H]4NS(=O)(=O)CCN3CCC(N(C)C)C3)s2)cc1C#N. The highest BCUT2D eigenvalue weighted by Crippen LogP contribution is 2.41. The molecule has 2 aromatic carbocycles. The van der Waals surface area contributed by atoms with E-state index in [0.29, 0.717) is 23.9 Å². The van der Waals surface area contributed by atoms with E-state index in [9.17, 15) is 13.7 Å². The Morgan fingerprint density at radius 2 is 2.08 bits per heavy atom. The molecule has 10 heteroatoms.